The highest BCUT2D eigenvalue weighted by Gasteiger charge is 2.16. The quantitative estimate of drug-likeness (QED) is 0.679. The minimum absolute atomic E-state index is 0.0840. The Bertz CT molecular complexity index is 932. The summed E-state index contributed by atoms with van der Waals surface area (Å²) in [5.74, 6) is 0.0198. The molecule has 0 spiro atoms. The van der Waals surface area contributed by atoms with Crippen LogP contribution < -0.4 is 4.74 Å². The second-order valence-electron chi connectivity index (χ2n) is 6.26. The fraction of sp³-hybridized carbons (Fsp3) is 0.250. The number of Topliss-reactive ketones (excluding diaryl/α,β-unsaturated/α-hetero) is 1. The maximum absolute atomic E-state index is 11.8. The third-order valence-electron chi connectivity index (χ3n) is 4.03. The molecule has 3 aromatic rings. The fourth-order valence-electron chi connectivity index (χ4n) is 2.85. The van der Waals surface area contributed by atoms with Crippen molar-refractivity contribution in [3.8, 4) is 22.9 Å². The minimum atomic E-state index is -0.248. The van der Waals surface area contributed by atoms with Crippen molar-refractivity contribution in [1.29, 1.82) is 0 Å². The molecule has 0 amide bonds. The first-order valence-electron chi connectivity index (χ1n) is 8.42. The average Bonchev–Trinajstić information content (AvgIpc) is 3.09. The molecular weight excluding hydrogens is 330 g/mol. The molecule has 1 N–H and O–H groups in total. The number of aromatic nitrogens is 3. The zero-order valence-corrected chi connectivity index (χ0v) is 15.0. The van der Waals surface area contributed by atoms with Gasteiger partial charge in [-0.25, -0.2) is 0 Å². The third kappa shape index (κ3) is 3.44. The summed E-state index contributed by atoms with van der Waals surface area (Å²) in [7, 11) is 0. The van der Waals surface area contributed by atoms with Crippen molar-refractivity contribution in [1.82, 2.24) is 14.8 Å². The van der Waals surface area contributed by atoms with E-state index in [1.807, 2.05) is 22.9 Å². The van der Waals surface area contributed by atoms with Crippen LogP contribution in [-0.4, -0.2) is 25.7 Å². The molecule has 2 heterocycles. The monoisotopic (exact) mass is 351 g/mol. The molecule has 0 aliphatic rings. The van der Waals surface area contributed by atoms with Crippen LogP contribution in [0.2, 0.25) is 0 Å². The Balaban J connectivity index is 1.93. The third-order valence-corrected chi connectivity index (χ3v) is 4.03. The van der Waals surface area contributed by atoms with E-state index in [-0.39, 0.29) is 29.7 Å². The van der Waals surface area contributed by atoms with Crippen molar-refractivity contribution in [2.24, 2.45) is 0 Å². The van der Waals surface area contributed by atoms with Crippen LogP contribution in [0.3, 0.4) is 0 Å². The molecule has 0 aliphatic carbocycles. The molecule has 2 aromatic heterocycles. The summed E-state index contributed by atoms with van der Waals surface area (Å²) in [6.45, 7) is 5.73. The lowest BCUT2D eigenvalue weighted by molar-refractivity contribution is 0.101. The predicted molar refractivity (Wildman–Crippen MR) is 98.3 cm³/mol. The van der Waals surface area contributed by atoms with Crippen molar-refractivity contribution in [2.45, 2.75) is 33.4 Å². The minimum Gasteiger partial charge on any atom is -0.507 e. The van der Waals surface area contributed by atoms with Crippen molar-refractivity contribution < 1.29 is 14.6 Å². The summed E-state index contributed by atoms with van der Waals surface area (Å²) in [5, 5.41) is 14.3. The maximum atomic E-state index is 11.8. The van der Waals surface area contributed by atoms with Gasteiger partial charge in [0.25, 0.3) is 0 Å². The molecule has 0 saturated carbocycles. The zero-order valence-electron chi connectivity index (χ0n) is 15.0. The van der Waals surface area contributed by atoms with E-state index in [1.165, 1.54) is 13.0 Å². The molecule has 26 heavy (non-hydrogen) atoms. The van der Waals surface area contributed by atoms with Crippen LogP contribution in [0.4, 0.5) is 0 Å². The number of hydrogen-bond acceptors (Lipinski definition) is 5. The van der Waals surface area contributed by atoms with Gasteiger partial charge in [0.15, 0.2) is 5.78 Å². The van der Waals surface area contributed by atoms with Gasteiger partial charge in [0.05, 0.1) is 11.4 Å². The number of pyridine rings is 1. The molecule has 0 saturated heterocycles. The molecule has 134 valence electrons. The SMILES string of the molecule is CC(=O)c1c(O)cccc1OCc1cccnc1-c1ccnn1C(C)C. The zero-order chi connectivity index (χ0) is 18.7. The van der Waals surface area contributed by atoms with Crippen LogP contribution in [0, 0.1) is 0 Å². The van der Waals surface area contributed by atoms with E-state index in [4.69, 9.17) is 4.74 Å². The molecule has 0 radical (unpaired) electrons. The van der Waals surface area contributed by atoms with Crippen LogP contribution in [-0.2, 0) is 6.61 Å². The predicted octanol–water partition coefficient (Wildman–Crippen LogP) is 4.01. The van der Waals surface area contributed by atoms with Crippen LogP contribution in [0.15, 0.2) is 48.8 Å². The number of benzene rings is 1. The van der Waals surface area contributed by atoms with Gasteiger partial charge in [-0.1, -0.05) is 12.1 Å². The van der Waals surface area contributed by atoms with Gasteiger partial charge in [-0.05, 0) is 45.0 Å². The highest BCUT2D eigenvalue weighted by molar-refractivity contribution is 5.99. The van der Waals surface area contributed by atoms with Gasteiger partial charge in [0, 0.05) is 24.0 Å². The Labute approximate surface area is 152 Å². The maximum Gasteiger partial charge on any atom is 0.167 e. The summed E-state index contributed by atoms with van der Waals surface area (Å²) >= 11 is 0. The molecule has 1 aromatic carbocycles. The van der Waals surface area contributed by atoms with Gasteiger partial charge in [-0.2, -0.15) is 5.10 Å². The number of carbonyl (C=O) groups excluding carboxylic acids is 1. The number of rotatable bonds is 6. The normalized spacial score (nSPS) is 10.9. The number of phenols is 1. The van der Waals surface area contributed by atoms with Gasteiger partial charge in [0.2, 0.25) is 0 Å². The lowest BCUT2D eigenvalue weighted by Crippen LogP contribution is -2.08. The lowest BCUT2D eigenvalue weighted by Gasteiger charge is -2.15. The van der Waals surface area contributed by atoms with Gasteiger partial charge < -0.3 is 9.84 Å². The molecule has 0 fully saturated rings. The molecule has 0 bridgehead atoms. The van der Waals surface area contributed by atoms with Crippen LogP contribution in [0.1, 0.15) is 42.7 Å². The number of carbonyl (C=O) groups is 1. The van der Waals surface area contributed by atoms with E-state index < -0.39 is 0 Å². The Morgan fingerprint density at radius 3 is 2.73 bits per heavy atom. The lowest BCUT2D eigenvalue weighted by atomic mass is 10.1. The standard InChI is InChI=1S/C20H21N3O3/c1-13(2)23-16(9-11-22-23)20-15(6-5-10-21-20)12-26-18-8-4-7-17(25)19(18)14(3)24/h4-11,13,25H,12H2,1-3H3. The number of ketones is 1. The first-order valence-corrected chi connectivity index (χ1v) is 8.42. The van der Waals surface area contributed by atoms with Crippen molar-refractivity contribution in [3.05, 3.63) is 59.9 Å². The topological polar surface area (TPSA) is 77.2 Å². The summed E-state index contributed by atoms with van der Waals surface area (Å²) in [5.41, 5.74) is 2.74. The number of hydrogen-bond donors (Lipinski definition) is 1. The first kappa shape index (κ1) is 17.7. The van der Waals surface area contributed by atoms with Crippen molar-refractivity contribution >= 4 is 5.78 Å². The van der Waals surface area contributed by atoms with Gasteiger partial charge in [-0.15, -0.1) is 0 Å². The highest BCUT2D eigenvalue weighted by atomic mass is 16.5. The number of ether oxygens (including phenoxy) is 1. The van der Waals surface area contributed by atoms with E-state index in [2.05, 4.69) is 23.9 Å². The van der Waals surface area contributed by atoms with Crippen LogP contribution in [0.5, 0.6) is 11.5 Å². The summed E-state index contributed by atoms with van der Waals surface area (Å²) in [4.78, 5) is 16.3. The Kier molecular flexibility index (Phi) is 5.02. The fourth-order valence-corrected chi connectivity index (χ4v) is 2.85. The average molecular weight is 351 g/mol. The molecule has 0 aliphatic heterocycles. The number of nitrogens with zero attached hydrogens (tertiary/aromatic N) is 3. The second kappa shape index (κ2) is 7.39. The summed E-state index contributed by atoms with van der Waals surface area (Å²) in [6.07, 6.45) is 3.48. The Morgan fingerprint density at radius 2 is 2.00 bits per heavy atom. The first-order chi connectivity index (χ1) is 12.5. The van der Waals surface area contributed by atoms with E-state index in [0.29, 0.717) is 5.75 Å². The summed E-state index contributed by atoms with van der Waals surface area (Å²) in [6, 6.07) is 10.7. The highest BCUT2D eigenvalue weighted by Crippen LogP contribution is 2.30. The summed E-state index contributed by atoms with van der Waals surface area (Å²) < 4.78 is 7.76. The number of aromatic hydroxyl groups is 1. The van der Waals surface area contributed by atoms with E-state index >= 15 is 0 Å². The number of phenolic OH excluding ortho intramolecular Hbond substituents is 1. The second-order valence-corrected chi connectivity index (χ2v) is 6.26. The van der Waals surface area contributed by atoms with E-state index in [9.17, 15) is 9.90 Å². The van der Waals surface area contributed by atoms with E-state index in [1.54, 1.807) is 24.5 Å². The van der Waals surface area contributed by atoms with Gasteiger partial charge in [-0.3, -0.25) is 14.5 Å². The molecule has 0 atom stereocenters. The van der Waals surface area contributed by atoms with Gasteiger partial charge in [0.1, 0.15) is 23.7 Å². The van der Waals surface area contributed by atoms with Crippen LogP contribution >= 0.6 is 0 Å². The Hall–Kier alpha value is -3.15. The smallest absolute Gasteiger partial charge is 0.167 e. The van der Waals surface area contributed by atoms with Crippen LogP contribution in [0.25, 0.3) is 11.4 Å². The van der Waals surface area contributed by atoms with Gasteiger partial charge >= 0.3 is 0 Å². The molecular formula is C20H21N3O3. The molecule has 3 rings (SSSR count). The molecule has 6 nitrogen and oxygen atoms in total. The molecule has 0 unspecified atom stereocenters. The molecule has 6 heteroatoms. The van der Waals surface area contributed by atoms with E-state index in [0.717, 1.165) is 17.0 Å². The largest absolute Gasteiger partial charge is 0.507 e. The van der Waals surface area contributed by atoms with Crippen molar-refractivity contribution in [3.63, 3.8) is 0 Å². The van der Waals surface area contributed by atoms with Crippen molar-refractivity contribution in [2.75, 3.05) is 0 Å². The Morgan fingerprint density at radius 1 is 1.19 bits per heavy atom.